The Bertz CT molecular complexity index is 437. The second kappa shape index (κ2) is 5.60. The fourth-order valence-corrected chi connectivity index (χ4v) is 2.40. The number of pyridine rings is 1. The fraction of sp³-hybridized carbons (Fsp3) is 0.643. The van der Waals surface area contributed by atoms with E-state index in [2.05, 4.69) is 17.2 Å². The summed E-state index contributed by atoms with van der Waals surface area (Å²) >= 11 is 0. The molecular weight excluding hydrogens is 269 g/mol. The first-order valence-electron chi connectivity index (χ1n) is 6.78. The number of nitrogens with one attached hydrogen (secondary N) is 1. The van der Waals surface area contributed by atoms with Crippen LogP contribution >= 0.6 is 0 Å². The quantitative estimate of drug-likeness (QED) is 0.895. The average molecular weight is 288 g/mol. The molecule has 1 heterocycles. The highest BCUT2D eigenvalue weighted by molar-refractivity contribution is 5.36. The van der Waals surface area contributed by atoms with Crippen molar-refractivity contribution < 1.29 is 18.3 Å². The number of hydrogen-bond donors (Lipinski definition) is 2. The van der Waals surface area contributed by atoms with Crippen molar-refractivity contribution in [3.63, 3.8) is 0 Å². The van der Waals surface area contributed by atoms with Crippen molar-refractivity contribution in [2.24, 2.45) is 5.92 Å². The van der Waals surface area contributed by atoms with Crippen LogP contribution in [0.5, 0.6) is 0 Å². The molecule has 6 heteroatoms. The van der Waals surface area contributed by atoms with Gasteiger partial charge in [0.2, 0.25) is 0 Å². The second-order valence-electron chi connectivity index (χ2n) is 5.69. The number of nitrogens with zero attached hydrogens (tertiary/aromatic N) is 1. The molecule has 0 unspecified atom stereocenters. The summed E-state index contributed by atoms with van der Waals surface area (Å²) in [5.41, 5.74) is -1.55. The molecule has 1 aliphatic rings. The SMILES string of the molecule is CC1CCC(O)(CNc2ccc(C(F)(F)F)cn2)CC1. The first kappa shape index (κ1) is 15.1. The van der Waals surface area contributed by atoms with Crippen molar-refractivity contribution in [3.05, 3.63) is 23.9 Å². The van der Waals surface area contributed by atoms with Crippen molar-refractivity contribution in [3.8, 4) is 0 Å². The van der Waals surface area contributed by atoms with Crippen LogP contribution in [0.3, 0.4) is 0 Å². The van der Waals surface area contributed by atoms with Gasteiger partial charge < -0.3 is 10.4 Å². The Morgan fingerprint density at radius 3 is 2.50 bits per heavy atom. The molecule has 1 aromatic rings. The van der Waals surface area contributed by atoms with Crippen LogP contribution in [-0.4, -0.2) is 22.2 Å². The normalized spacial score (nSPS) is 27.4. The van der Waals surface area contributed by atoms with Crippen LogP contribution in [0.15, 0.2) is 18.3 Å². The van der Waals surface area contributed by atoms with Crippen LogP contribution in [-0.2, 0) is 6.18 Å². The highest BCUT2D eigenvalue weighted by Crippen LogP contribution is 2.32. The van der Waals surface area contributed by atoms with Gasteiger partial charge in [0.15, 0.2) is 0 Å². The van der Waals surface area contributed by atoms with Crippen LogP contribution in [0, 0.1) is 5.92 Å². The molecule has 0 radical (unpaired) electrons. The lowest BCUT2D eigenvalue weighted by Gasteiger charge is -2.35. The van der Waals surface area contributed by atoms with E-state index in [0.717, 1.165) is 25.1 Å². The molecule has 1 fully saturated rings. The zero-order chi connectivity index (χ0) is 14.8. The predicted molar refractivity (Wildman–Crippen MR) is 70.3 cm³/mol. The van der Waals surface area contributed by atoms with Crippen LogP contribution in [0.2, 0.25) is 0 Å². The van der Waals surface area contributed by atoms with Gasteiger partial charge in [0, 0.05) is 12.7 Å². The topological polar surface area (TPSA) is 45.1 Å². The van der Waals surface area contributed by atoms with Crippen molar-refractivity contribution in [2.45, 2.75) is 44.4 Å². The zero-order valence-electron chi connectivity index (χ0n) is 11.4. The Morgan fingerprint density at radius 1 is 1.35 bits per heavy atom. The molecule has 1 aromatic heterocycles. The average Bonchev–Trinajstić information content (AvgIpc) is 2.40. The van der Waals surface area contributed by atoms with E-state index in [0.29, 0.717) is 31.1 Å². The van der Waals surface area contributed by atoms with E-state index in [9.17, 15) is 18.3 Å². The lowest BCUT2D eigenvalue weighted by atomic mass is 9.79. The van der Waals surface area contributed by atoms with Crippen LogP contribution < -0.4 is 5.32 Å². The molecule has 0 aliphatic heterocycles. The number of rotatable bonds is 3. The summed E-state index contributed by atoms with van der Waals surface area (Å²) in [5, 5.41) is 13.3. The summed E-state index contributed by atoms with van der Waals surface area (Å²) in [4.78, 5) is 3.73. The molecule has 1 aliphatic carbocycles. The van der Waals surface area contributed by atoms with Gasteiger partial charge in [-0.05, 0) is 43.7 Å². The van der Waals surface area contributed by atoms with Crippen LogP contribution in [0.25, 0.3) is 0 Å². The number of anilines is 1. The van der Waals surface area contributed by atoms with E-state index < -0.39 is 17.3 Å². The van der Waals surface area contributed by atoms with Crippen molar-refractivity contribution in [1.29, 1.82) is 0 Å². The third-order valence-corrected chi connectivity index (χ3v) is 3.89. The van der Waals surface area contributed by atoms with Crippen LogP contribution in [0.4, 0.5) is 19.0 Å². The second-order valence-corrected chi connectivity index (χ2v) is 5.69. The van der Waals surface area contributed by atoms with Gasteiger partial charge in [-0.15, -0.1) is 0 Å². The minimum atomic E-state index is -4.37. The van der Waals surface area contributed by atoms with E-state index in [1.807, 2.05) is 0 Å². The first-order chi connectivity index (χ1) is 9.28. The van der Waals surface area contributed by atoms with Gasteiger partial charge >= 0.3 is 6.18 Å². The predicted octanol–water partition coefficient (Wildman–Crippen LogP) is 3.45. The minimum Gasteiger partial charge on any atom is -0.388 e. The molecular formula is C14H19F3N2O. The van der Waals surface area contributed by atoms with Gasteiger partial charge in [-0.1, -0.05) is 6.92 Å². The molecule has 2 rings (SSSR count). The van der Waals surface area contributed by atoms with E-state index >= 15 is 0 Å². The van der Waals surface area contributed by atoms with Gasteiger partial charge in [-0.25, -0.2) is 4.98 Å². The largest absolute Gasteiger partial charge is 0.417 e. The first-order valence-corrected chi connectivity index (χ1v) is 6.78. The number of hydrogen-bond acceptors (Lipinski definition) is 3. The smallest absolute Gasteiger partial charge is 0.388 e. The van der Waals surface area contributed by atoms with Gasteiger partial charge in [0.25, 0.3) is 0 Å². The summed E-state index contributed by atoms with van der Waals surface area (Å²) in [6, 6.07) is 2.28. The summed E-state index contributed by atoms with van der Waals surface area (Å²) in [6.45, 7) is 2.47. The summed E-state index contributed by atoms with van der Waals surface area (Å²) in [5.74, 6) is 0.976. The lowest BCUT2D eigenvalue weighted by Crippen LogP contribution is -2.40. The molecule has 0 spiro atoms. The van der Waals surface area contributed by atoms with E-state index in [4.69, 9.17) is 0 Å². The molecule has 0 saturated heterocycles. The standard InChI is InChI=1S/C14H19F3N2O/c1-10-4-6-13(20,7-5-10)9-19-12-3-2-11(8-18-12)14(15,16)17/h2-3,8,10,20H,4-7,9H2,1H3,(H,18,19). The Hall–Kier alpha value is -1.30. The van der Waals surface area contributed by atoms with Crippen molar-refractivity contribution >= 4 is 5.82 Å². The summed E-state index contributed by atoms with van der Waals surface area (Å²) in [6.07, 6.45) is -0.209. The lowest BCUT2D eigenvalue weighted by molar-refractivity contribution is -0.137. The molecule has 0 atom stereocenters. The molecule has 0 amide bonds. The van der Waals surface area contributed by atoms with Gasteiger partial charge in [-0.2, -0.15) is 13.2 Å². The molecule has 2 N–H and O–H groups in total. The minimum absolute atomic E-state index is 0.318. The Morgan fingerprint density at radius 2 is 2.00 bits per heavy atom. The number of alkyl halides is 3. The Balaban J connectivity index is 1.91. The highest BCUT2D eigenvalue weighted by Gasteiger charge is 2.32. The van der Waals surface area contributed by atoms with Crippen molar-refractivity contribution in [2.75, 3.05) is 11.9 Å². The Kier molecular flexibility index (Phi) is 4.22. The molecule has 0 aromatic carbocycles. The third-order valence-electron chi connectivity index (χ3n) is 3.89. The van der Waals surface area contributed by atoms with E-state index in [1.165, 1.54) is 6.07 Å². The Labute approximate surface area is 116 Å². The zero-order valence-corrected chi connectivity index (χ0v) is 11.4. The van der Waals surface area contributed by atoms with Crippen LogP contribution in [0.1, 0.15) is 38.2 Å². The summed E-state index contributed by atoms with van der Waals surface area (Å²) < 4.78 is 37.2. The summed E-state index contributed by atoms with van der Waals surface area (Å²) in [7, 11) is 0. The molecule has 112 valence electrons. The molecule has 3 nitrogen and oxygen atoms in total. The maximum atomic E-state index is 12.4. The monoisotopic (exact) mass is 288 g/mol. The van der Waals surface area contributed by atoms with Gasteiger partial charge in [0.05, 0.1) is 11.2 Å². The fourth-order valence-electron chi connectivity index (χ4n) is 2.40. The van der Waals surface area contributed by atoms with Gasteiger partial charge in [0.1, 0.15) is 5.82 Å². The maximum Gasteiger partial charge on any atom is 0.417 e. The van der Waals surface area contributed by atoms with E-state index in [-0.39, 0.29) is 0 Å². The molecule has 1 saturated carbocycles. The third kappa shape index (κ3) is 3.85. The maximum absolute atomic E-state index is 12.4. The molecule has 20 heavy (non-hydrogen) atoms. The van der Waals surface area contributed by atoms with E-state index in [1.54, 1.807) is 0 Å². The number of aliphatic hydroxyl groups is 1. The molecule has 0 bridgehead atoms. The number of halogens is 3. The van der Waals surface area contributed by atoms with Gasteiger partial charge in [-0.3, -0.25) is 0 Å². The highest BCUT2D eigenvalue weighted by atomic mass is 19.4. The van der Waals surface area contributed by atoms with Crippen molar-refractivity contribution in [1.82, 2.24) is 4.98 Å². The number of aromatic nitrogens is 1.